The maximum atomic E-state index is 12.0. The number of nitrogens with one attached hydrogen (secondary N) is 1. The van der Waals surface area contributed by atoms with E-state index in [0.29, 0.717) is 12.6 Å². The molecule has 0 saturated heterocycles. The van der Waals surface area contributed by atoms with Crippen molar-refractivity contribution in [3.63, 3.8) is 0 Å². The summed E-state index contributed by atoms with van der Waals surface area (Å²) in [5.74, 6) is -1.29. The van der Waals surface area contributed by atoms with Crippen LogP contribution in [-0.2, 0) is 22.7 Å². The molecule has 0 radical (unpaired) electrons. The second kappa shape index (κ2) is 9.99. The van der Waals surface area contributed by atoms with Crippen LogP contribution >= 0.6 is 0 Å². The van der Waals surface area contributed by atoms with E-state index in [-0.39, 0.29) is 11.8 Å². The molecule has 3 heterocycles. The minimum atomic E-state index is -5.08. The van der Waals surface area contributed by atoms with Crippen LogP contribution in [0.25, 0.3) is 0 Å². The molecule has 2 N–H and O–H groups in total. The van der Waals surface area contributed by atoms with E-state index in [1.54, 1.807) is 6.26 Å². The van der Waals surface area contributed by atoms with Gasteiger partial charge in [-0.25, -0.2) is 4.79 Å². The highest BCUT2D eigenvalue weighted by atomic mass is 19.4. The van der Waals surface area contributed by atoms with Crippen molar-refractivity contribution in [3.8, 4) is 0 Å². The van der Waals surface area contributed by atoms with Gasteiger partial charge in [-0.05, 0) is 37.5 Å². The summed E-state index contributed by atoms with van der Waals surface area (Å²) in [7, 11) is 0. The highest BCUT2D eigenvalue weighted by Crippen LogP contribution is 2.27. The lowest BCUT2D eigenvalue weighted by Crippen LogP contribution is -2.40. The van der Waals surface area contributed by atoms with Gasteiger partial charge in [0.25, 0.3) is 0 Å². The molecule has 2 aromatic heterocycles. The number of carbonyl (C=O) groups excluding carboxylic acids is 1. The normalized spacial score (nSPS) is 19.0. The van der Waals surface area contributed by atoms with Crippen molar-refractivity contribution in [2.75, 3.05) is 13.1 Å². The van der Waals surface area contributed by atoms with Gasteiger partial charge in [-0.2, -0.15) is 18.3 Å². The first kappa shape index (κ1) is 22.9. The highest BCUT2D eigenvalue weighted by Gasteiger charge is 2.38. The molecule has 2 aliphatic rings. The molecule has 1 atom stereocenters. The fourth-order valence-electron chi connectivity index (χ4n) is 3.60. The largest absolute Gasteiger partial charge is 0.490 e. The summed E-state index contributed by atoms with van der Waals surface area (Å²) in [6, 6.07) is 6.31. The van der Waals surface area contributed by atoms with Crippen LogP contribution in [0.5, 0.6) is 0 Å². The lowest BCUT2D eigenvalue weighted by molar-refractivity contribution is -0.192. The molecule has 4 rings (SSSR count). The molecule has 170 valence electrons. The Hall–Kier alpha value is -2.82. The smallest absolute Gasteiger partial charge is 0.475 e. The number of fused-ring (bicyclic) bond motifs is 1. The SMILES string of the molecule is O=C(NCCC1CN(Cc2ccco2)Cc2ccnn21)C1CCC1.O=C(O)C(F)(F)F. The predicted molar refractivity (Wildman–Crippen MR) is 103 cm³/mol. The van der Waals surface area contributed by atoms with E-state index >= 15 is 0 Å². The van der Waals surface area contributed by atoms with Crippen LogP contribution in [0.1, 0.15) is 43.2 Å². The van der Waals surface area contributed by atoms with Crippen molar-refractivity contribution >= 4 is 11.9 Å². The molecule has 1 amide bonds. The lowest BCUT2D eigenvalue weighted by Gasteiger charge is -2.33. The van der Waals surface area contributed by atoms with E-state index in [1.165, 1.54) is 12.1 Å². The maximum absolute atomic E-state index is 12.0. The summed E-state index contributed by atoms with van der Waals surface area (Å²) >= 11 is 0. The standard InChI is InChI=1S/C18H24N4O2.C2HF3O2/c23-18(14-3-1-4-14)19-8-6-15-11-21(13-17-5-2-10-24-17)12-16-7-9-20-22(15)16;3-2(4,5)1(6)7/h2,5,7,9-10,14-15H,1,3-4,6,8,11-13H2,(H,19,23);(H,6,7). The summed E-state index contributed by atoms with van der Waals surface area (Å²) in [6.45, 7) is 3.33. The summed E-state index contributed by atoms with van der Waals surface area (Å²) in [5.41, 5.74) is 1.23. The Labute approximate surface area is 177 Å². The number of carboxylic acids is 1. The number of hydrogen-bond donors (Lipinski definition) is 2. The van der Waals surface area contributed by atoms with Crippen molar-refractivity contribution < 1.29 is 32.3 Å². The van der Waals surface area contributed by atoms with Crippen molar-refractivity contribution in [2.45, 2.75) is 51.0 Å². The van der Waals surface area contributed by atoms with Gasteiger partial charge < -0.3 is 14.8 Å². The second-order valence-electron chi connectivity index (χ2n) is 7.68. The Bertz CT molecular complexity index is 862. The molecule has 1 unspecified atom stereocenters. The number of aromatic nitrogens is 2. The van der Waals surface area contributed by atoms with E-state index in [2.05, 4.69) is 26.1 Å². The number of nitrogens with zero attached hydrogens (tertiary/aromatic N) is 3. The van der Waals surface area contributed by atoms with Crippen molar-refractivity contribution in [3.05, 3.63) is 42.1 Å². The summed E-state index contributed by atoms with van der Waals surface area (Å²) in [6.07, 6.45) is 2.70. The van der Waals surface area contributed by atoms with Crippen LogP contribution in [0, 0.1) is 5.92 Å². The van der Waals surface area contributed by atoms with Crippen LogP contribution in [-0.4, -0.2) is 50.9 Å². The summed E-state index contributed by atoms with van der Waals surface area (Å²) < 4.78 is 39.3. The van der Waals surface area contributed by atoms with Crippen molar-refractivity contribution in [1.82, 2.24) is 20.0 Å². The number of carboxylic acid groups (broad SMARTS) is 1. The number of furan rings is 1. The first-order valence-corrected chi connectivity index (χ1v) is 10.1. The molecule has 1 fully saturated rings. The quantitative estimate of drug-likeness (QED) is 0.714. The van der Waals surface area contributed by atoms with Crippen LogP contribution in [0.2, 0.25) is 0 Å². The molecular formula is C20H25F3N4O4. The fourth-order valence-corrected chi connectivity index (χ4v) is 3.60. The van der Waals surface area contributed by atoms with Gasteiger partial charge in [0.2, 0.25) is 5.91 Å². The Kier molecular flexibility index (Phi) is 7.37. The van der Waals surface area contributed by atoms with Gasteiger partial charge in [0, 0.05) is 31.7 Å². The Morgan fingerprint density at radius 1 is 1.29 bits per heavy atom. The summed E-state index contributed by atoms with van der Waals surface area (Å²) in [5, 5.41) is 14.7. The molecule has 1 aliphatic carbocycles. The number of hydrogen-bond acceptors (Lipinski definition) is 5. The molecule has 1 aliphatic heterocycles. The van der Waals surface area contributed by atoms with E-state index < -0.39 is 12.1 Å². The van der Waals surface area contributed by atoms with E-state index in [1.807, 2.05) is 18.3 Å². The third kappa shape index (κ3) is 6.33. The van der Waals surface area contributed by atoms with E-state index in [9.17, 15) is 18.0 Å². The zero-order chi connectivity index (χ0) is 22.4. The first-order chi connectivity index (χ1) is 14.7. The van der Waals surface area contributed by atoms with Gasteiger partial charge >= 0.3 is 12.1 Å². The Morgan fingerprint density at radius 2 is 2.03 bits per heavy atom. The van der Waals surface area contributed by atoms with Gasteiger partial charge in [0.1, 0.15) is 5.76 Å². The first-order valence-electron chi connectivity index (χ1n) is 10.1. The zero-order valence-corrected chi connectivity index (χ0v) is 16.8. The topological polar surface area (TPSA) is 101 Å². The third-order valence-corrected chi connectivity index (χ3v) is 5.41. The molecule has 0 bridgehead atoms. The zero-order valence-electron chi connectivity index (χ0n) is 16.8. The van der Waals surface area contributed by atoms with Gasteiger partial charge in [-0.3, -0.25) is 14.4 Å². The van der Waals surface area contributed by atoms with Crippen LogP contribution in [0.3, 0.4) is 0 Å². The molecule has 8 nitrogen and oxygen atoms in total. The molecular weight excluding hydrogens is 417 g/mol. The monoisotopic (exact) mass is 442 g/mol. The number of halogens is 3. The average Bonchev–Trinajstić information content (AvgIpc) is 3.31. The minimum Gasteiger partial charge on any atom is -0.475 e. The predicted octanol–water partition coefficient (Wildman–Crippen LogP) is 2.97. The van der Waals surface area contributed by atoms with Gasteiger partial charge in [-0.15, -0.1) is 0 Å². The van der Waals surface area contributed by atoms with Gasteiger partial charge in [0.15, 0.2) is 0 Å². The number of amides is 1. The van der Waals surface area contributed by atoms with Crippen molar-refractivity contribution in [2.24, 2.45) is 5.92 Å². The summed E-state index contributed by atoms with van der Waals surface area (Å²) in [4.78, 5) is 23.3. The molecule has 1 saturated carbocycles. The Balaban J connectivity index is 0.000000339. The maximum Gasteiger partial charge on any atom is 0.490 e. The molecule has 2 aromatic rings. The molecule has 31 heavy (non-hydrogen) atoms. The van der Waals surface area contributed by atoms with Crippen LogP contribution in [0.4, 0.5) is 13.2 Å². The Morgan fingerprint density at radius 3 is 2.61 bits per heavy atom. The number of aliphatic carboxylic acids is 1. The van der Waals surface area contributed by atoms with E-state index in [0.717, 1.165) is 44.7 Å². The number of carbonyl (C=O) groups is 2. The van der Waals surface area contributed by atoms with Crippen LogP contribution < -0.4 is 5.32 Å². The number of alkyl halides is 3. The average molecular weight is 442 g/mol. The minimum absolute atomic E-state index is 0.227. The molecule has 11 heteroatoms. The van der Waals surface area contributed by atoms with Gasteiger partial charge in [0.05, 0.1) is 24.5 Å². The van der Waals surface area contributed by atoms with E-state index in [4.69, 9.17) is 14.3 Å². The van der Waals surface area contributed by atoms with Crippen LogP contribution in [0.15, 0.2) is 35.1 Å². The third-order valence-electron chi connectivity index (χ3n) is 5.41. The van der Waals surface area contributed by atoms with Gasteiger partial charge in [-0.1, -0.05) is 6.42 Å². The fraction of sp³-hybridized carbons (Fsp3) is 0.550. The lowest BCUT2D eigenvalue weighted by atomic mass is 9.85. The molecule has 0 spiro atoms. The number of rotatable bonds is 6. The second-order valence-corrected chi connectivity index (χ2v) is 7.68. The highest BCUT2D eigenvalue weighted by molar-refractivity contribution is 5.79. The molecule has 0 aromatic carbocycles. The van der Waals surface area contributed by atoms with Crippen molar-refractivity contribution in [1.29, 1.82) is 0 Å².